The van der Waals surface area contributed by atoms with Crippen LogP contribution >= 0.6 is 0 Å². The van der Waals surface area contributed by atoms with Gasteiger partial charge in [-0.15, -0.1) is 0 Å². The molecule has 0 aliphatic carbocycles. The topological polar surface area (TPSA) is 0 Å². The fourth-order valence-corrected chi connectivity index (χ4v) is 1.07. The fraction of sp³-hybridized carbons (Fsp3) is 0.455. The van der Waals surface area contributed by atoms with E-state index in [1.807, 2.05) is 13.8 Å². The number of rotatable bonds is 1. The zero-order chi connectivity index (χ0) is 9.56. The lowest BCUT2D eigenvalue weighted by Crippen LogP contribution is -2.14. The lowest BCUT2D eigenvalue weighted by molar-refractivity contribution is 1.43. The van der Waals surface area contributed by atoms with Crippen molar-refractivity contribution in [3.8, 4) is 0 Å². The number of benzene rings is 1. The molecule has 1 rings (SSSR count). The van der Waals surface area contributed by atoms with Gasteiger partial charge in [-0.05, 0) is 13.8 Å². The quantitative estimate of drug-likeness (QED) is 0.555. The molecular formula is C11H18B. The Balaban J connectivity index is 0.000000561. The second kappa shape index (κ2) is 5.88. The Labute approximate surface area is 77.2 Å². The highest BCUT2D eigenvalue weighted by molar-refractivity contribution is 6.52. The molecule has 0 unspecified atom stereocenters. The lowest BCUT2D eigenvalue weighted by atomic mass is 9.71. The van der Waals surface area contributed by atoms with Crippen LogP contribution < -0.4 is 5.46 Å². The molecule has 0 atom stereocenters. The number of hydrogen-bond donors (Lipinski definition) is 0. The third kappa shape index (κ3) is 3.12. The summed E-state index contributed by atoms with van der Waals surface area (Å²) in [5, 5.41) is 0. The largest absolute Gasteiger partial charge is 0.148 e. The molecule has 0 saturated carbocycles. The Morgan fingerprint density at radius 2 is 1.67 bits per heavy atom. The van der Waals surface area contributed by atoms with E-state index in [-0.39, 0.29) is 0 Å². The summed E-state index contributed by atoms with van der Waals surface area (Å²) in [4.78, 5) is 0. The monoisotopic (exact) mass is 161 g/mol. The summed E-state index contributed by atoms with van der Waals surface area (Å²) in [6.07, 6.45) is 0. The Hall–Kier alpha value is -0.715. The molecule has 0 N–H and O–H groups in total. The van der Waals surface area contributed by atoms with E-state index in [1.165, 1.54) is 16.6 Å². The first kappa shape index (κ1) is 11.3. The molecule has 0 heterocycles. The van der Waals surface area contributed by atoms with Crippen LogP contribution in [0.1, 0.15) is 25.0 Å². The van der Waals surface area contributed by atoms with Crippen molar-refractivity contribution in [1.82, 2.24) is 0 Å². The van der Waals surface area contributed by atoms with Gasteiger partial charge in [-0.1, -0.05) is 55.5 Å². The van der Waals surface area contributed by atoms with Crippen molar-refractivity contribution in [3.05, 3.63) is 29.3 Å². The van der Waals surface area contributed by atoms with Crippen LogP contribution in [-0.2, 0) is 0 Å². The molecule has 12 heavy (non-hydrogen) atoms. The molecule has 0 aliphatic heterocycles. The lowest BCUT2D eigenvalue weighted by Gasteiger charge is -2.01. The van der Waals surface area contributed by atoms with Crippen molar-refractivity contribution >= 4 is 12.7 Å². The highest BCUT2D eigenvalue weighted by atomic mass is 13.9. The zero-order valence-electron chi connectivity index (χ0n) is 8.81. The van der Waals surface area contributed by atoms with Gasteiger partial charge >= 0.3 is 0 Å². The molecule has 0 bridgehead atoms. The highest BCUT2D eigenvalue weighted by Gasteiger charge is 1.94. The van der Waals surface area contributed by atoms with Gasteiger partial charge in [-0.2, -0.15) is 0 Å². The van der Waals surface area contributed by atoms with Crippen molar-refractivity contribution < 1.29 is 0 Å². The maximum absolute atomic E-state index is 2.20. The summed E-state index contributed by atoms with van der Waals surface area (Å²) >= 11 is 0. The van der Waals surface area contributed by atoms with Crippen molar-refractivity contribution in [1.29, 1.82) is 0 Å². The van der Waals surface area contributed by atoms with Crippen molar-refractivity contribution in [2.75, 3.05) is 0 Å². The minimum absolute atomic E-state index is 1.33. The third-order valence-corrected chi connectivity index (χ3v) is 1.75. The molecule has 65 valence electrons. The van der Waals surface area contributed by atoms with E-state index in [4.69, 9.17) is 0 Å². The van der Waals surface area contributed by atoms with Crippen LogP contribution in [0.4, 0.5) is 0 Å². The van der Waals surface area contributed by atoms with Gasteiger partial charge < -0.3 is 0 Å². The maximum atomic E-state index is 2.20. The van der Waals surface area contributed by atoms with Gasteiger partial charge in [0.15, 0.2) is 0 Å². The first-order valence-corrected chi connectivity index (χ1v) is 4.60. The van der Waals surface area contributed by atoms with Gasteiger partial charge in [0.25, 0.3) is 0 Å². The molecule has 0 saturated heterocycles. The standard InChI is InChI=1S/C9H12B.C2H6/c1-7-4-5-8(2)9(6-7)10-3;1-2/h4-6H,1-3H3;1-2H3. The van der Waals surface area contributed by atoms with Gasteiger partial charge in [0, 0.05) is 0 Å². The predicted molar refractivity (Wildman–Crippen MR) is 58.5 cm³/mol. The number of hydrogen-bond acceptors (Lipinski definition) is 0. The average Bonchev–Trinajstić information content (AvgIpc) is 2.13. The van der Waals surface area contributed by atoms with E-state index in [0.717, 1.165) is 0 Å². The Morgan fingerprint density at radius 1 is 1.08 bits per heavy atom. The predicted octanol–water partition coefficient (Wildman–Crippen LogP) is 2.71. The summed E-state index contributed by atoms with van der Waals surface area (Å²) in [5.74, 6) is 0. The smallest absolute Gasteiger partial charge is 0.0872 e. The van der Waals surface area contributed by atoms with E-state index in [1.54, 1.807) is 0 Å². The van der Waals surface area contributed by atoms with Gasteiger partial charge in [-0.25, -0.2) is 0 Å². The fourth-order valence-electron chi connectivity index (χ4n) is 1.07. The van der Waals surface area contributed by atoms with Crippen LogP contribution in [0.25, 0.3) is 0 Å². The van der Waals surface area contributed by atoms with E-state index in [0.29, 0.717) is 0 Å². The second-order valence-electron chi connectivity index (χ2n) is 2.65. The molecule has 1 aromatic rings. The summed E-state index contributed by atoms with van der Waals surface area (Å²) < 4.78 is 0. The molecule has 1 radical (unpaired) electrons. The van der Waals surface area contributed by atoms with E-state index in [2.05, 4.69) is 46.1 Å². The maximum Gasteiger partial charge on any atom is 0.148 e. The third-order valence-electron chi connectivity index (χ3n) is 1.75. The first-order valence-electron chi connectivity index (χ1n) is 4.60. The molecule has 0 spiro atoms. The van der Waals surface area contributed by atoms with E-state index < -0.39 is 0 Å². The molecule has 0 fully saturated rings. The van der Waals surface area contributed by atoms with Gasteiger partial charge in [0.05, 0.1) is 0 Å². The van der Waals surface area contributed by atoms with Crippen LogP contribution in [0.15, 0.2) is 18.2 Å². The minimum Gasteiger partial charge on any atom is -0.0872 e. The van der Waals surface area contributed by atoms with Gasteiger partial charge in [-0.3, -0.25) is 0 Å². The van der Waals surface area contributed by atoms with Crippen molar-refractivity contribution in [2.45, 2.75) is 34.5 Å². The van der Waals surface area contributed by atoms with Crippen LogP contribution in [-0.4, -0.2) is 7.28 Å². The Morgan fingerprint density at radius 3 is 2.08 bits per heavy atom. The molecule has 0 nitrogen and oxygen atoms in total. The number of aryl methyl sites for hydroxylation is 2. The highest BCUT2D eigenvalue weighted by Crippen LogP contribution is 1.97. The summed E-state index contributed by atoms with van der Waals surface area (Å²) in [6, 6.07) is 6.50. The van der Waals surface area contributed by atoms with Gasteiger partial charge in [0.2, 0.25) is 0 Å². The Kier molecular flexibility index (Phi) is 5.52. The molecule has 0 aliphatic rings. The SMILES string of the molecule is CC.C[B]c1cc(C)ccc1C. The summed E-state index contributed by atoms with van der Waals surface area (Å²) in [5.41, 5.74) is 4.03. The van der Waals surface area contributed by atoms with Gasteiger partial charge in [0.1, 0.15) is 7.28 Å². The van der Waals surface area contributed by atoms with Crippen molar-refractivity contribution in [3.63, 3.8) is 0 Å². The molecule has 1 aromatic carbocycles. The van der Waals surface area contributed by atoms with Crippen LogP contribution in [0.3, 0.4) is 0 Å². The van der Waals surface area contributed by atoms with E-state index >= 15 is 0 Å². The average molecular weight is 161 g/mol. The normalized spacial score (nSPS) is 8.42. The van der Waals surface area contributed by atoms with E-state index in [9.17, 15) is 0 Å². The van der Waals surface area contributed by atoms with Crippen LogP contribution in [0.2, 0.25) is 6.82 Å². The van der Waals surface area contributed by atoms with Crippen LogP contribution in [0, 0.1) is 13.8 Å². The molecular weight excluding hydrogens is 143 g/mol. The molecule has 1 heteroatoms. The molecule has 0 aromatic heterocycles. The van der Waals surface area contributed by atoms with Crippen LogP contribution in [0.5, 0.6) is 0 Å². The summed E-state index contributed by atoms with van der Waals surface area (Å²) in [7, 11) is 2.14. The second-order valence-corrected chi connectivity index (χ2v) is 2.65. The summed E-state index contributed by atoms with van der Waals surface area (Å²) in [6.45, 7) is 10.3. The Bertz CT molecular complexity index is 228. The van der Waals surface area contributed by atoms with Crippen molar-refractivity contribution in [2.24, 2.45) is 0 Å². The zero-order valence-corrected chi connectivity index (χ0v) is 8.81. The molecule has 0 amide bonds. The first-order chi connectivity index (χ1) is 5.74. The minimum atomic E-state index is 1.33.